The van der Waals surface area contributed by atoms with Gasteiger partial charge in [0.25, 0.3) is 0 Å². The summed E-state index contributed by atoms with van der Waals surface area (Å²) in [5, 5.41) is 20.7. The number of allylic oxidation sites excluding steroid dienone is 1. The van der Waals surface area contributed by atoms with Crippen LogP contribution in [0.2, 0.25) is 0 Å². The van der Waals surface area contributed by atoms with Crippen LogP contribution in [0.3, 0.4) is 0 Å². The Bertz CT molecular complexity index is 741. The lowest BCUT2D eigenvalue weighted by molar-refractivity contribution is -0.134. The number of aliphatic hydroxyl groups is 1. The van der Waals surface area contributed by atoms with Gasteiger partial charge < -0.3 is 25.8 Å². The molecule has 116 valence electrons. The Kier molecular flexibility index (Phi) is 3.63. The Hall–Kier alpha value is -2.68. The molecule has 0 fully saturated rings. The zero-order chi connectivity index (χ0) is 15.7. The van der Waals surface area contributed by atoms with Crippen molar-refractivity contribution < 1.29 is 15.0 Å². The molecule has 2 heterocycles. The minimum absolute atomic E-state index is 0.0313. The van der Waals surface area contributed by atoms with Gasteiger partial charge in [0.1, 0.15) is 6.54 Å². The molecule has 2 aromatic heterocycles. The van der Waals surface area contributed by atoms with E-state index < -0.39 is 5.97 Å². The number of anilines is 2. The van der Waals surface area contributed by atoms with Crippen molar-refractivity contribution in [1.29, 1.82) is 0 Å². The third-order valence-electron chi connectivity index (χ3n) is 3.59. The fourth-order valence-electron chi connectivity index (χ4n) is 2.55. The molecule has 0 amide bonds. The van der Waals surface area contributed by atoms with Gasteiger partial charge in [-0.25, -0.2) is 4.98 Å². The number of rotatable bonds is 5. The summed E-state index contributed by atoms with van der Waals surface area (Å²) in [4.78, 5) is 23.2. The summed E-state index contributed by atoms with van der Waals surface area (Å²) in [7, 11) is 0. The number of carbonyl (C=O) groups is 1. The van der Waals surface area contributed by atoms with Gasteiger partial charge in [-0.15, -0.1) is 0 Å². The average molecular weight is 304 g/mol. The number of aliphatic hydroxyl groups excluding tert-OH is 1. The maximum absolute atomic E-state index is 10.7. The normalized spacial score (nSPS) is 20.6. The molecule has 0 saturated heterocycles. The Morgan fingerprint density at radius 2 is 2.27 bits per heavy atom. The number of carboxylic acid groups (broad SMARTS) is 1. The highest BCUT2D eigenvalue weighted by molar-refractivity contribution is 5.86. The van der Waals surface area contributed by atoms with Crippen molar-refractivity contribution in [2.75, 3.05) is 24.2 Å². The number of nitrogen functional groups attached to an aromatic ring is 1. The van der Waals surface area contributed by atoms with Crippen LogP contribution in [0.4, 0.5) is 11.8 Å². The molecule has 2 atom stereocenters. The fourth-order valence-corrected chi connectivity index (χ4v) is 2.55. The first kappa shape index (κ1) is 14.3. The van der Waals surface area contributed by atoms with Gasteiger partial charge >= 0.3 is 5.97 Å². The van der Waals surface area contributed by atoms with Gasteiger partial charge in [0, 0.05) is 12.5 Å². The number of nitrogens with one attached hydrogen (secondary N) is 1. The van der Waals surface area contributed by atoms with Gasteiger partial charge in [0.05, 0.1) is 12.4 Å². The molecular formula is C13H16N6O3. The van der Waals surface area contributed by atoms with Crippen LogP contribution >= 0.6 is 0 Å². The zero-order valence-electron chi connectivity index (χ0n) is 11.7. The number of aromatic nitrogens is 4. The molecule has 0 bridgehead atoms. The Balaban J connectivity index is 1.97. The summed E-state index contributed by atoms with van der Waals surface area (Å²) in [5.74, 6) is -0.548. The number of nitrogens with zero attached hydrogens (tertiary/aromatic N) is 4. The molecule has 0 radical (unpaired) electrons. The molecule has 0 unspecified atom stereocenters. The van der Waals surface area contributed by atoms with Gasteiger partial charge in [-0.2, -0.15) is 9.97 Å². The third-order valence-corrected chi connectivity index (χ3v) is 3.59. The van der Waals surface area contributed by atoms with E-state index in [1.807, 2.05) is 16.7 Å². The number of hydrogen-bond donors (Lipinski definition) is 4. The van der Waals surface area contributed by atoms with E-state index in [1.54, 1.807) is 6.33 Å². The standard InChI is InChI=1S/C13H16N6O3/c14-13-17-11(15-4-9(21)22)10-12(18-13)19(6-16-10)8-2-1-7(3-8)5-20/h1-2,6-8,20H,3-5H2,(H,21,22)(H3,14,15,17,18)/t7-,8+/m1/s1. The highest BCUT2D eigenvalue weighted by Crippen LogP contribution is 2.31. The van der Waals surface area contributed by atoms with Crippen molar-refractivity contribution in [2.24, 2.45) is 5.92 Å². The highest BCUT2D eigenvalue weighted by atomic mass is 16.4. The Labute approximate surface area is 125 Å². The van der Waals surface area contributed by atoms with Crippen molar-refractivity contribution in [3.63, 3.8) is 0 Å². The topological polar surface area (TPSA) is 139 Å². The lowest BCUT2D eigenvalue weighted by atomic mass is 10.1. The third kappa shape index (κ3) is 2.58. The molecule has 0 aliphatic heterocycles. The van der Waals surface area contributed by atoms with Crippen molar-refractivity contribution in [1.82, 2.24) is 19.5 Å². The first-order valence-electron chi connectivity index (χ1n) is 6.83. The van der Waals surface area contributed by atoms with E-state index in [9.17, 15) is 9.90 Å². The van der Waals surface area contributed by atoms with E-state index in [2.05, 4.69) is 20.3 Å². The number of hydrogen-bond acceptors (Lipinski definition) is 7. The first-order chi connectivity index (χ1) is 10.6. The Morgan fingerprint density at radius 1 is 1.45 bits per heavy atom. The van der Waals surface area contributed by atoms with Crippen molar-refractivity contribution in [3.05, 3.63) is 18.5 Å². The molecule has 9 heteroatoms. The largest absolute Gasteiger partial charge is 0.480 e. The molecule has 0 aromatic carbocycles. The molecule has 0 spiro atoms. The monoisotopic (exact) mass is 304 g/mol. The quantitative estimate of drug-likeness (QED) is 0.567. The van der Waals surface area contributed by atoms with Crippen LogP contribution in [-0.2, 0) is 4.79 Å². The molecular weight excluding hydrogens is 288 g/mol. The van der Waals surface area contributed by atoms with Crippen molar-refractivity contribution in [3.8, 4) is 0 Å². The predicted octanol–water partition coefficient (Wildman–Crippen LogP) is 0.0145. The summed E-state index contributed by atoms with van der Waals surface area (Å²) < 4.78 is 1.85. The molecule has 1 aliphatic carbocycles. The first-order valence-corrected chi connectivity index (χ1v) is 6.83. The van der Waals surface area contributed by atoms with E-state index in [0.29, 0.717) is 17.0 Å². The van der Waals surface area contributed by atoms with E-state index in [4.69, 9.17) is 10.8 Å². The second-order valence-electron chi connectivity index (χ2n) is 5.13. The molecule has 0 saturated carbocycles. The van der Waals surface area contributed by atoms with E-state index in [1.165, 1.54) is 0 Å². The lowest BCUT2D eigenvalue weighted by Crippen LogP contribution is -2.15. The highest BCUT2D eigenvalue weighted by Gasteiger charge is 2.23. The van der Waals surface area contributed by atoms with Crippen LogP contribution < -0.4 is 11.1 Å². The molecule has 1 aliphatic rings. The van der Waals surface area contributed by atoms with Gasteiger partial charge in [0.2, 0.25) is 5.95 Å². The summed E-state index contributed by atoms with van der Waals surface area (Å²) in [6.45, 7) is -0.184. The van der Waals surface area contributed by atoms with Crippen LogP contribution in [0.1, 0.15) is 12.5 Å². The van der Waals surface area contributed by atoms with Crippen LogP contribution in [0.15, 0.2) is 18.5 Å². The van der Waals surface area contributed by atoms with Crippen molar-refractivity contribution >= 4 is 28.9 Å². The number of imidazole rings is 1. The van der Waals surface area contributed by atoms with E-state index in [-0.39, 0.29) is 31.1 Å². The molecule has 22 heavy (non-hydrogen) atoms. The van der Waals surface area contributed by atoms with E-state index >= 15 is 0 Å². The van der Waals surface area contributed by atoms with Crippen molar-refractivity contribution in [2.45, 2.75) is 12.5 Å². The number of nitrogens with two attached hydrogens (primary N) is 1. The summed E-state index contributed by atoms with van der Waals surface area (Å²) in [6, 6.07) is 0.0313. The van der Waals surface area contributed by atoms with Gasteiger partial charge in [-0.3, -0.25) is 4.79 Å². The second kappa shape index (κ2) is 5.60. The van der Waals surface area contributed by atoms with Crippen LogP contribution in [-0.4, -0.2) is 48.9 Å². The molecule has 5 N–H and O–H groups in total. The molecule has 2 aromatic rings. The fraction of sp³-hybridized carbons (Fsp3) is 0.385. The SMILES string of the molecule is Nc1nc(NCC(=O)O)c2ncn([C@H]3C=C[C@@H](CO)C3)c2n1. The molecule has 9 nitrogen and oxygen atoms in total. The van der Waals surface area contributed by atoms with Gasteiger partial charge in [-0.1, -0.05) is 12.2 Å². The van der Waals surface area contributed by atoms with Crippen LogP contribution in [0, 0.1) is 5.92 Å². The maximum atomic E-state index is 10.7. The number of fused-ring (bicyclic) bond motifs is 1. The summed E-state index contributed by atoms with van der Waals surface area (Å²) in [6.07, 6.45) is 6.33. The van der Waals surface area contributed by atoms with Crippen LogP contribution in [0.25, 0.3) is 11.2 Å². The smallest absolute Gasteiger partial charge is 0.322 e. The Morgan fingerprint density at radius 3 is 2.95 bits per heavy atom. The number of aliphatic carboxylic acids is 1. The average Bonchev–Trinajstić information content (AvgIpc) is 3.10. The van der Waals surface area contributed by atoms with Gasteiger partial charge in [-0.05, 0) is 6.42 Å². The summed E-state index contributed by atoms with van der Waals surface area (Å²) >= 11 is 0. The zero-order valence-corrected chi connectivity index (χ0v) is 11.7. The number of carboxylic acids is 1. The predicted molar refractivity (Wildman–Crippen MR) is 79.2 cm³/mol. The minimum atomic E-state index is -1.01. The summed E-state index contributed by atoms with van der Waals surface area (Å²) in [5.41, 5.74) is 6.71. The van der Waals surface area contributed by atoms with Gasteiger partial charge in [0.15, 0.2) is 17.0 Å². The van der Waals surface area contributed by atoms with E-state index in [0.717, 1.165) is 6.42 Å². The van der Waals surface area contributed by atoms with Crippen LogP contribution in [0.5, 0.6) is 0 Å². The lowest BCUT2D eigenvalue weighted by Gasteiger charge is -2.13. The second-order valence-corrected chi connectivity index (χ2v) is 5.13. The minimum Gasteiger partial charge on any atom is -0.480 e. The maximum Gasteiger partial charge on any atom is 0.322 e. The molecule has 3 rings (SSSR count).